The quantitative estimate of drug-likeness (QED) is 0.838. The molecule has 1 aromatic rings. The molecule has 0 aliphatic heterocycles. The Morgan fingerprint density at radius 2 is 2.31 bits per heavy atom. The third-order valence-electron chi connectivity index (χ3n) is 3.75. The zero-order valence-electron chi connectivity index (χ0n) is 10.0. The van der Waals surface area contributed by atoms with Gasteiger partial charge in [-0.3, -0.25) is 0 Å². The van der Waals surface area contributed by atoms with Gasteiger partial charge in [0.05, 0.1) is 4.34 Å². The summed E-state index contributed by atoms with van der Waals surface area (Å²) in [7, 11) is 0. The Labute approximate surface area is 107 Å². The Balaban J connectivity index is 1.81. The Kier molecular flexibility index (Phi) is 4.28. The van der Waals surface area contributed by atoms with Gasteiger partial charge < -0.3 is 5.32 Å². The van der Waals surface area contributed by atoms with E-state index in [0.29, 0.717) is 6.04 Å². The number of hydrogen-bond acceptors (Lipinski definition) is 2. The predicted molar refractivity (Wildman–Crippen MR) is 72.3 cm³/mol. The van der Waals surface area contributed by atoms with Crippen LogP contribution in [0, 0.1) is 11.8 Å². The van der Waals surface area contributed by atoms with Crippen molar-refractivity contribution < 1.29 is 0 Å². The molecular weight excluding hydrogens is 238 g/mol. The minimum absolute atomic E-state index is 0.435. The molecule has 16 heavy (non-hydrogen) atoms. The normalized spacial score (nSPS) is 27.2. The van der Waals surface area contributed by atoms with Crippen LogP contribution < -0.4 is 5.32 Å². The van der Waals surface area contributed by atoms with E-state index in [0.717, 1.165) is 22.7 Å². The van der Waals surface area contributed by atoms with E-state index in [1.807, 2.05) is 6.07 Å². The maximum absolute atomic E-state index is 5.95. The SMILES string of the molecule is CC(NCC1CCCC1C)c1ccc(Cl)s1. The fourth-order valence-electron chi connectivity index (χ4n) is 2.52. The molecule has 3 heteroatoms. The summed E-state index contributed by atoms with van der Waals surface area (Å²) in [6.07, 6.45) is 4.21. The van der Waals surface area contributed by atoms with Crippen molar-refractivity contribution in [2.24, 2.45) is 11.8 Å². The molecule has 1 aliphatic rings. The fraction of sp³-hybridized carbons (Fsp3) is 0.692. The molecule has 90 valence electrons. The van der Waals surface area contributed by atoms with Gasteiger partial charge in [-0.05, 0) is 43.9 Å². The zero-order chi connectivity index (χ0) is 11.5. The van der Waals surface area contributed by atoms with E-state index in [1.54, 1.807) is 11.3 Å². The zero-order valence-corrected chi connectivity index (χ0v) is 11.6. The average Bonchev–Trinajstić information content (AvgIpc) is 2.84. The second-order valence-electron chi connectivity index (χ2n) is 4.94. The molecule has 3 unspecified atom stereocenters. The van der Waals surface area contributed by atoms with Crippen LogP contribution in [0.4, 0.5) is 0 Å². The van der Waals surface area contributed by atoms with Gasteiger partial charge in [-0.25, -0.2) is 0 Å². The number of hydrogen-bond donors (Lipinski definition) is 1. The number of halogens is 1. The van der Waals surface area contributed by atoms with Crippen molar-refractivity contribution in [2.75, 3.05) is 6.54 Å². The first-order valence-electron chi connectivity index (χ1n) is 6.15. The maximum atomic E-state index is 5.95. The van der Waals surface area contributed by atoms with Gasteiger partial charge >= 0.3 is 0 Å². The van der Waals surface area contributed by atoms with Crippen molar-refractivity contribution in [3.8, 4) is 0 Å². The summed E-state index contributed by atoms with van der Waals surface area (Å²) in [4.78, 5) is 1.34. The van der Waals surface area contributed by atoms with E-state index in [4.69, 9.17) is 11.6 Å². The molecule has 1 aliphatic carbocycles. The van der Waals surface area contributed by atoms with Gasteiger partial charge in [-0.2, -0.15) is 0 Å². The Bertz CT molecular complexity index is 336. The first-order valence-corrected chi connectivity index (χ1v) is 7.35. The van der Waals surface area contributed by atoms with E-state index in [1.165, 1.54) is 24.1 Å². The van der Waals surface area contributed by atoms with Gasteiger partial charge in [0.2, 0.25) is 0 Å². The first kappa shape index (κ1) is 12.4. The smallest absolute Gasteiger partial charge is 0.0931 e. The molecule has 1 saturated carbocycles. The monoisotopic (exact) mass is 257 g/mol. The van der Waals surface area contributed by atoms with Gasteiger partial charge in [-0.1, -0.05) is 31.4 Å². The summed E-state index contributed by atoms with van der Waals surface area (Å²) in [5.74, 6) is 1.77. The van der Waals surface area contributed by atoms with Crippen LogP contribution in [0.5, 0.6) is 0 Å². The van der Waals surface area contributed by atoms with E-state index >= 15 is 0 Å². The highest BCUT2D eigenvalue weighted by Gasteiger charge is 2.23. The Morgan fingerprint density at radius 3 is 2.88 bits per heavy atom. The summed E-state index contributed by atoms with van der Waals surface area (Å²) in [6, 6.07) is 4.55. The predicted octanol–water partition coefficient (Wildman–Crippen LogP) is 4.49. The summed E-state index contributed by atoms with van der Waals surface area (Å²) < 4.78 is 0.887. The number of thiophene rings is 1. The molecule has 0 amide bonds. The molecule has 0 spiro atoms. The van der Waals surface area contributed by atoms with E-state index in [2.05, 4.69) is 25.2 Å². The highest BCUT2D eigenvalue weighted by molar-refractivity contribution is 7.16. The van der Waals surface area contributed by atoms with Crippen LogP contribution in [-0.4, -0.2) is 6.54 Å². The molecule has 1 heterocycles. The van der Waals surface area contributed by atoms with Crippen LogP contribution in [0.15, 0.2) is 12.1 Å². The molecule has 0 aromatic carbocycles. The average molecular weight is 258 g/mol. The molecule has 0 bridgehead atoms. The van der Waals surface area contributed by atoms with E-state index in [9.17, 15) is 0 Å². The lowest BCUT2D eigenvalue weighted by atomic mass is 9.98. The molecule has 0 radical (unpaired) electrons. The van der Waals surface area contributed by atoms with Crippen LogP contribution in [0.2, 0.25) is 4.34 Å². The van der Waals surface area contributed by atoms with Crippen molar-refractivity contribution in [3.63, 3.8) is 0 Å². The summed E-state index contributed by atoms with van der Waals surface area (Å²) >= 11 is 7.63. The van der Waals surface area contributed by atoms with Crippen molar-refractivity contribution in [3.05, 3.63) is 21.3 Å². The second-order valence-corrected chi connectivity index (χ2v) is 6.69. The molecular formula is C13H20ClNS. The first-order chi connectivity index (χ1) is 7.66. The molecule has 2 rings (SSSR count). The van der Waals surface area contributed by atoms with Crippen LogP contribution in [-0.2, 0) is 0 Å². The molecule has 1 fully saturated rings. The molecule has 0 saturated heterocycles. The van der Waals surface area contributed by atoms with Crippen molar-refractivity contribution in [2.45, 2.75) is 39.2 Å². The van der Waals surface area contributed by atoms with E-state index < -0.39 is 0 Å². The van der Waals surface area contributed by atoms with Crippen molar-refractivity contribution >= 4 is 22.9 Å². The van der Waals surface area contributed by atoms with Gasteiger partial charge in [0.1, 0.15) is 0 Å². The van der Waals surface area contributed by atoms with Crippen molar-refractivity contribution in [1.29, 1.82) is 0 Å². The summed E-state index contributed by atoms with van der Waals surface area (Å²) in [5, 5.41) is 3.64. The second kappa shape index (κ2) is 5.52. The third-order valence-corrected chi connectivity index (χ3v) is 5.16. The summed E-state index contributed by atoms with van der Waals surface area (Å²) in [6.45, 7) is 5.76. The van der Waals surface area contributed by atoms with Gasteiger partial charge in [0, 0.05) is 10.9 Å². The van der Waals surface area contributed by atoms with Gasteiger partial charge in [-0.15, -0.1) is 11.3 Å². The topological polar surface area (TPSA) is 12.0 Å². The molecule has 1 N–H and O–H groups in total. The van der Waals surface area contributed by atoms with Crippen LogP contribution >= 0.6 is 22.9 Å². The molecule has 1 aromatic heterocycles. The third kappa shape index (κ3) is 2.99. The lowest BCUT2D eigenvalue weighted by Crippen LogP contribution is -2.26. The number of nitrogens with one attached hydrogen (secondary N) is 1. The van der Waals surface area contributed by atoms with Crippen LogP contribution in [0.25, 0.3) is 0 Å². The van der Waals surface area contributed by atoms with Crippen molar-refractivity contribution in [1.82, 2.24) is 5.32 Å². The molecule has 3 atom stereocenters. The van der Waals surface area contributed by atoms with E-state index in [-0.39, 0.29) is 0 Å². The van der Waals surface area contributed by atoms with Gasteiger partial charge in [0.25, 0.3) is 0 Å². The summed E-state index contributed by atoms with van der Waals surface area (Å²) in [5.41, 5.74) is 0. The Hall–Kier alpha value is -0.0500. The van der Waals surface area contributed by atoms with Crippen LogP contribution in [0.1, 0.15) is 44.0 Å². The largest absolute Gasteiger partial charge is 0.309 e. The lowest BCUT2D eigenvalue weighted by Gasteiger charge is -2.19. The minimum Gasteiger partial charge on any atom is -0.309 e. The standard InChI is InChI=1S/C13H20ClNS/c1-9-4-3-5-11(9)8-15-10(2)12-6-7-13(14)16-12/h6-7,9-11,15H,3-5,8H2,1-2H3. The lowest BCUT2D eigenvalue weighted by molar-refractivity contribution is 0.376. The highest BCUT2D eigenvalue weighted by Crippen LogP contribution is 2.32. The molecule has 1 nitrogen and oxygen atoms in total. The maximum Gasteiger partial charge on any atom is 0.0931 e. The number of rotatable bonds is 4. The van der Waals surface area contributed by atoms with Crippen LogP contribution in [0.3, 0.4) is 0 Å². The van der Waals surface area contributed by atoms with Gasteiger partial charge in [0.15, 0.2) is 0 Å². The highest BCUT2D eigenvalue weighted by atomic mass is 35.5. The fourth-order valence-corrected chi connectivity index (χ4v) is 3.60. The minimum atomic E-state index is 0.435. The Morgan fingerprint density at radius 1 is 1.50 bits per heavy atom.